The fraction of sp³-hybridized carbons (Fsp3) is 0.882. The fourth-order valence-electron chi connectivity index (χ4n) is 3.47. The van der Waals surface area contributed by atoms with E-state index in [0.29, 0.717) is 11.8 Å². The second kappa shape index (κ2) is 7.62. The molecule has 0 saturated carbocycles. The van der Waals surface area contributed by atoms with Crippen LogP contribution in [0.5, 0.6) is 0 Å². The molecule has 2 rings (SSSR count). The van der Waals surface area contributed by atoms with Gasteiger partial charge in [0.25, 0.3) is 0 Å². The quantitative estimate of drug-likeness (QED) is 0.745. The maximum Gasteiger partial charge on any atom is 0.248 e. The van der Waals surface area contributed by atoms with Crippen molar-refractivity contribution in [2.75, 3.05) is 46.9 Å². The van der Waals surface area contributed by atoms with E-state index in [0.717, 1.165) is 26.2 Å². The molecule has 0 aliphatic carbocycles. The average molecular weight is 325 g/mol. The molecule has 0 radical (unpaired) electrons. The van der Waals surface area contributed by atoms with E-state index in [4.69, 9.17) is 4.74 Å². The Labute approximate surface area is 139 Å². The minimum Gasteiger partial charge on any atom is -0.366 e. The van der Waals surface area contributed by atoms with Crippen LogP contribution in [0.4, 0.5) is 0 Å². The summed E-state index contributed by atoms with van der Waals surface area (Å²) in [6.07, 6.45) is 1.27. The Morgan fingerprint density at radius 3 is 2.22 bits per heavy atom. The first-order valence-electron chi connectivity index (χ1n) is 8.62. The number of carbonyl (C=O) groups is 2. The lowest BCUT2D eigenvalue weighted by Gasteiger charge is -2.44. The molecule has 0 aromatic heterocycles. The van der Waals surface area contributed by atoms with Crippen LogP contribution in [0.1, 0.15) is 27.2 Å². The summed E-state index contributed by atoms with van der Waals surface area (Å²) in [5.74, 6) is 1.37. The van der Waals surface area contributed by atoms with E-state index in [9.17, 15) is 9.59 Å². The summed E-state index contributed by atoms with van der Waals surface area (Å²) in [5, 5.41) is 0. The third-order valence-electron chi connectivity index (χ3n) is 4.90. The van der Waals surface area contributed by atoms with Gasteiger partial charge in [-0.15, -0.1) is 0 Å². The Hall–Kier alpha value is -1.14. The third-order valence-corrected chi connectivity index (χ3v) is 4.90. The van der Waals surface area contributed by atoms with Gasteiger partial charge in [-0.2, -0.15) is 0 Å². The molecule has 0 aromatic rings. The normalized spacial score (nSPS) is 27.4. The standard InChI is InChI=1S/C17H31N3O3/c1-12-6-13(2)8-20(7-12)17(22)14(3)19-9-15(10-19)23-11-16(21)18(4)5/h12-15H,6-11H2,1-5H3/t12-,13+,14-/m0/s1. The molecule has 0 spiro atoms. The molecule has 3 atom stereocenters. The Balaban J connectivity index is 1.74. The first-order chi connectivity index (χ1) is 10.8. The first kappa shape index (κ1) is 18.2. The van der Waals surface area contributed by atoms with E-state index in [1.54, 1.807) is 14.1 Å². The number of hydrogen-bond acceptors (Lipinski definition) is 4. The monoisotopic (exact) mass is 325 g/mol. The molecule has 0 bridgehead atoms. The van der Waals surface area contributed by atoms with Crippen molar-refractivity contribution in [3.05, 3.63) is 0 Å². The molecule has 2 saturated heterocycles. The van der Waals surface area contributed by atoms with Gasteiger partial charge in [-0.3, -0.25) is 14.5 Å². The molecule has 0 unspecified atom stereocenters. The minimum atomic E-state index is -0.100. The van der Waals surface area contributed by atoms with Gasteiger partial charge in [0.15, 0.2) is 0 Å². The van der Waals surface area contributed by atoms with Crippen molar-refractivity contribution in [3.63, 3.8) is 0 Å². The molecule has 2 amide bonds. The smallest absolute Gasteiger partial charge is 0.248 e. The number of ether oxygens (including phenoxy) is 1. The second-order valence-corrected chi connectivity index (χ2v) is 7.54. The second-order valence-electron chi connectivity index (χ2n) is 7.54. The minimum absolute atomic E-state index is 0.0242. The van der Waals surface area contributed by atoms with E-state index >= 15 is 0 Å². The molecule has 2 aliphatic heterocycles. The maximum absolute atomic E-state index is 12.7. The van der Waals surface area contributed by atoms with Gasteiger partial charge in [0.1, 0.15) is 6.61 Å². The summed E-state index contributed by atoms with van der Waals surface area (Å²) in [5.41, 5.74) is 0. The first-order valence-corrected chi connectivity index (χ1v) is 8.62. The van der Waals surface area contributed by atoms with Crippen molar-refractivity contribution in [2.45, 2.75) is 39.3 Å². The average Bonchev–Trinajstić information content (AvgIpc) is 2.42. The predicted octanol–water partition coefficient (Wildman–Crippen LogP) is 0.668. The molecule has 0 aromatic carbocycles. The highest BCUT2D eigenvalue weighted by molar-refractivity contribution is 5.81. The molecule has 6 heteroatoms. The topological polar surface area (TPSA) is 53.1 Å². The number of hydrogen-bond donors (Lipinski definition) is 0. The van der Waals surface area contributed by atoms with Crippen LogP contribution in [-0.4, -0.2) is 85.5 Å². The van der Waals surface area contributed by atoms with Crippen LogP contribution >= 0.6 is 0 Å². The van der Waals surface area contributed by atoms with Gasteiger partial charge in [0.2, 0.25) is 11.8 Å². The zero-order valence-electron chi connectivity index (χ0n) is 15.1. The van der Waals surface area contributed by atoms with Crippen molar-refractivity contribution in [3.8, 4) is 0 Å². The zero-order valence-corrected chi connectivity index (χ0v) is 15.1. The van der Waals surface area contributed by atoms with Crippen molar-refractivity contribution < 1.29 is 14.3 Å². The van der Waals surface area contributed by atoms with Gasteiger partial charge in [-0.25, -0.2) is 0 Å². The molecule has 2 aliphatic rings. The summed E-state index contributed by atoms with van der Waals surface area (Å²) in [4.78, 5) is 29.9. The Kier molecular flexibility index (Phi) is 6.03. The number of piperidine rings is 1. The van der Waals surface area contributed by atoms with E-state index in [1.807, 2.05) is 11.8 Å². The summed E-state index contributed by atoms with van der Waals surface area (Å²) in [6.45, 7) is 9.74. The van der Waals surface area contributed by atoms with Gasteiger partial charge in [-0.1, -0.05) is 13.8 Å². The van der Waals surface area contributed by atoms with Crippen LogP contribution in [0, 0.1) is 11.8 Å². The number of likely N-dealkylation sites (N-methyl/N-ethyl adjacent to an activating group) is 1. The molecule has 0 N–H and O–H groups in total. The Bertz CT molecular complexity index is 425. The predicted molar refractivity (Wildman–Crippen MR) is 89.0 cm³/mol. The highest BCUT2D eigenvalue weighted by Crippen LogP contribution is 2.23. The molecule has 2 fully saturated rings. The van der Waals surface area contributed by atoms with E-state index in [1.165, 1.54) is 11.3 Å². The highest BCUT2D eigenvalue weighted by atomic mass is 16.5. The molecule has 132 valence electrons. The van der Waals surface area contributed by atoms with Crippen molar-refractivity contribution in [2.24, 2.45) is 11.8 Å². The lowest BCUT2D eigenvalue weighted by molar-refractivity contribution is -0.150. The van der Waals surface area contributed by atoms with Crippen LogP contribution in [0.25, 0.3) is 0 Å². The van der Waals surface area contributed by atoms with Crippen molar-refractivity contribution in [1.29, 1.82) is 0 Å². The molecule has 2 heterocycles. The maximum atomic E-state index is 12.7. The third kappa shape index (κ3) is 4.67. The Morgan fingerprint density at radius 1 is 1.13 bits per heavy atom. The molecular weight excluding hydrogens is 294 g/mol. The summed E-state index contributed by atoms with van der Waals surface area (Å²) in [7, 11) is 3.44. The number of carbonyl (C=O) groups excluding carboxylic acids is 2. The summed E-state index contributed by atoms with van der Waals surface area (Å²) >= 11 is 0. The van der Waals surface area contributed by atoms with Crippen LogP contribution in [0.15, 0.2) is 0 Å². The van der Waals surface area contributed by atoms with Crippen LogP contribution in [-0.2, 0) is 14.3 Å². The lowest BCUT2D eigenvalue weighted by atomic mass is 9.91. The number of nitrogens with zero attached hydrogens (tertiary/aromatic N) is 3. The lowest BCUT2D eigenvalue weighted by Crippen LogP contribution is -2.61. The van der Waals surface area contributed by atoms with Crippen LogP contribution in [0.3, 0.4) is 0 Å². The van der Waals surface area contributed by atoms with Crippen LogP contribution < -0.4 is 0 Å². The van der Waals surface area contributed by atoms with Gasteiger partial charge < -0.3 is 14.5 Å². The summed E-state index contributed by atoms with van der Waals surface area (Å²) < 4.78 is 5.58. The number of amides is 2. The van der Waals surface area contributed by atoms with Gasteiger partial charge in [0, 0.05) is 40.3 Å². The fourth-order valence-corrected chi connectivity index (χ4v) is 3.47. The van der Waals surface area contributed by atoms with Crippen molar-refractivity contribution >= 4 is 11.8 Å². The largest absolute Gasteiger partial charge is 0.366 e. The van der Waals surface area contributed by atoms with E-state index < -0.39 is 0 Å². The van der Waals surface area contributed by atoms with E-state index in [-0.39, 0.29) is 30.6 Å². The number of rotatable bonds is 5. The molecule has 23 heavy (non-hydrogen) atoms. The number of likely N-dealkylation sites (tertiary alicyclic amines) is 2. The molecule has 6 nitrogen and oxygen atoms in total. The zero-order chi connectivity index (χ0) is 17.1. The summed E-state index contributed by atoms with van der Waals surface area (Å²) in [6, 6.07) is -0.100. The van der Waals surface area contributed by atoms with Gasteiger partial charge in [-0.05, 0) is 25.2 Å². The van der Waals surface area contributed by atoms with Gasteiger partial charge in [0.05, 0.1) is 12.1 Å². The Morgan fingerprint density at radius 2 is 1.70 bits per heavy atom. The van der Waals surface area contributed by atoms with E-state index in [2.05, 4.69) is 18.7 Å². The molecular formula is C17H31N3O3. The van der Waals surface area contributed by atoms with Crippen molar-refractivity contribution in [1.82, 2.24) is 14.7 Å². The highest BCUT2D eigenvalue weighted by Gasteiger charge is 2.37. The van der Waals surface area contributed by atoms with Crippen LogP contribution in [0.2, 0.25) is 0 Å². The van der Waals surface area contributed by atoms with Gasteiger partial charge >= 0.3 is 0 Å². The SMILES string of the molecule is C[C@@H]1C[C@H](C)CN(C(=O)[C@H](C)N2CC(OCC(=O)N(C)C)C2)C1.